The van der Waals surface area contributed by atoms with E-state index in [0.29, 0.717) is 22.4 Å². The second-order valence-corrected chi connectivity index (χ2v) is 3.78. The summed E-state index contributed by atoms with van der Waals surface area (Å²) in [7, 11) is 0. The third kappa shape index (κ3) is 1.58. The summed E-state index contributed by atoms with van der Waals surface area (Å²) in [5.41, 5.74) is 5.83. The highest BCUT2D eigenvalue weighted by Gasteiger charge is 2.06. The molecule has 0 saturated carbocycles. The van der Waals surface area contributed by atoms with E-state index in [-0.39, 0.29) is 5.82 Å². The van der Waals surface area contributed by atoms with Crippen LogP contribution in [-0.4, -0.2) is 15.1 Å². The van der Waals surface area contributed by atoms with Crippen molar-refractivity contribution < 1.29 is 4.52 Å². The first-order valence-corrected chi connectivity index (χ1v) is 5.12. The Labute approximate surface area is 99.2 Å². The van der Waals surface area contributed by atoms with Gasteiger partial charge < -0.3 is 20.2 Å². The quantitative estimate of drug-likeness (QED) is 0.537. The van der Waals surface area contributed by atoms with Gasteiger partial charge in [0.25, 0.3) is 0 Å². The minimum Gasteiger partial charge on any atom is -0.381 e. The highest BCUT2D eigenvalue weighted by molar-refractivity contribution is 5.80. The molecule has 3 rings (SSSR count). The van der Waals surface area contributed by atoms with Gasteiger partial charge in [-0.05, 0) is 18.2 Å². The van der Waals surface area contributed by atoms with E-state index in [2.05, 4.69) is 15.1 Å². The number of nitrogens with one attached hydrogen (secondary N) is 2. The Bertz CT molecular complexity index is 843. The standard InChI is InChI=1S/C11H8N4O3/c12-9-4-8(18-15-9)5-1-2-6-7(3-5)14-11(17)10(16)13-6/h1-4H,(H2,12,15)(H,13,16)(H,14,17). The van der Waals surface area contributed by atoms with Crippen molar-refractivity contribution in [1.29, 1.82) is 0 Å². The maximum atomic E-state index is 11.2. The molecule has 2 heterocycles. The molecule has 0 fully saturated rings. The van der Waals surface area contributed by atoms with Gasteiger partial charge in [-0.15, -0.1) is 0 Å². The van der Waals surface area contributed by atoms with Crippen molar-refractivity contribution in [3.8, 4) is 11.3 Å². The Morgan fingerprint density at radius 2 is 1.78 bits per heavy atom. The molecule has 0 radical (unpaired) electrons. The number of nitrogen functional groups attached to an aromatic ring is 1. The van der Waals surface area contributed by atoms with Crippen LogP contribution in [-0.2, 0) is 0 Å². The summed E-state index contributed by atoms with van der Waals surface area (Å²) in [5.74, 6) is 0.765. The maximum Gasteiger partial charge on any atom is 0.314 e. The van der Waals surface area contributed by atoms with Crippen LogP contribution in [0.1, 0.15) is 0 Å². The molecule has 0 aliphatic heterocycles. The lowest BCUT2D eigenvalue weighted by molar-refractivity contribution is 0.436. The van der Waals surface area contributed by atoms with Crippen LogP contribution in [0.2, 0.25) is 0 Å². The first kappa shape index (κ1) is 10.3. The molecular weight excluding hydrogens is 236 g/mol. The Balaban J connectivity index is 2.25. The lowest BCUT2D eigenvalue weighted by Gasteiger charge is -1.99. The summed E-state index contributed by atoms with van der Waals surface area (Å²) in [5, 5.41) is 3.58. The van der Waals surface area contributed by atoms with Gasteiger partial charge in [-0.3, -0.25) is 9.59 Å². The molecule has 2 aromatic heterocycles. The SMILES string of the molecule is Nc1cc(-c2ccc3[nH]c(=O)c(=O)[nH]c3c2)on1. The van der Waals surface area contributed by atoms with E-state index in [0.717, 1.165) is 0 Å². The molecular formula is C11H8N4O3. The van der Waals surface area contributed by atoms with Gasteiger partial charge in [0.2, 0.25) is 0 Å². The summed E-state index contributed by atoms with van der Waals surface area (Å²) >= 11 is 0. The lowest BCUT2D eigenvalue weighted by Crippen LogP contribution is -2.28. The highest BCUT2D eigenvalue weighted by atomic mass is 16.5. The number of aromatic amines is 2. The van der Waals surface area contributed by atoms with Crippen LogP contribution in [0, 0.1) is 0 Å². The third-order valence-corrected chi connectivity index (χ3v) is 2.54. The van der Waals surface area contributed by atoms with Crippen molar-refractivity contribution in [2.75, 3.05) is 5.73 Å². The molecule has 0 aliphatic rings. The van der Waals surface area contributed by atoms with Crippen molar-refractivity contribution in [3.63, 3.8) is 0 Å². The molecule has 0 amide bonds. The molecule has 1 aromatic carbocycles. The largest absolute Gasteiger partial charge is 0.381 e. The molecule has 4 N–H and O–H groups in total. The second kappa shape index (κ2) is 3.59. The topological polar surface area (TPSA) is 118 Å². The van der Waals surface area contributed by atoms with Gasteiger partial charge in [-0.1, -0.05) is 5.16 Å². The van der Waals surface area contributed by atoms with E-state index in [1.165, 1.54) is 0 Å². The van der Waals surface area contributed by atoms with E-state index < -0.39 is 11.1 Å². The normalized spacial score (nSPS) is 10.9. The van der Waals surface area contributed by atoms with E-state index in [1.807, 2.05) is 0 Å². The molecule has 7 nitrogen and oxygen atoms in total. The van der Waals surface area contributed by atoms with Crippen LogP contribution in [0.25, 0.3) is 22.4 Å². The van der Waals surface area contributed by atoms with E-state index >= 15 is 0 Å². The van der Waals surface area contributed by atoms with Crippen LogP contribution in [0.4, 0.5) is 5.82 Å². The van der Waals surface area contributed by atoms with Gasteiger partial charge >= 0.3 is 11.1 Å². The predicted molar refractivity (Wildman–Crippen MR) is 65.1 cm³/mol. The van der Waals surface area contributed by atoms with E-state index in [1.54, 1.807) is 24.3 Å². The lowest BCUT2D eigenvalue weighted by atomic mass is 10.1. The molecule has 0 aliphatic carbocycles. The van der Waals surface area contributed by atoms with Crippen molar-refractivity contribution >= 4 is 16.9 Å². The Morgan fingerprint density at radius 1 is 1.06 bits per heavy atom. The van der Waals surface area contributed by atoms with E-state index in [9.17, 15) is 9.59 Å². The van der Waals surface area contributed by atoms with Crippen LogP contribution >= 0.6 is 0 Å². The molecule has 90 valence electrons. The summed E-state index contributed by atoms with van der Waals surface area (Å²) in [6, 6.07) is 6.65. The summed E-state index contributed by atoms with van der Waals surface area (Å²) < 4.78 is 5.01. The summed E-state index contributed by atoms with van der Waals surface area (Å²) in [6.45, 7) is 0. The van der Waals surface area contributed by atoms with Gasteiger partial charge in [0, 0.05) is 11.6 Å². The van der Waals surface area contributed by atoms with Gasteiger partial charge in [-0.2, -0.15) is 0 Å². The molecule has 0 atom stereocenters. The Hall–Kier alpha value is -2.83. The van der Waals surface area contributed by atoms with Gasteiger partial charge in [0.1, 0.15) is 0 Å². The minimum absolute atomic E-state index is 0.278. The number of hydrogen-bond acceptors (Lipinski definition) is 5. The number of nitrogens with two attached hydrogens (primary N) is 1. The molecule has 0 bridgehead atoms. The Kier molecular flexibility index (Phi) is 2.06. The fourth-order valence-electron chi connectivity index (χ4n) is 1.69. The van der Waals surface area contributed by atoms with Gasteiger partial charge in [0.15, 0.2) is 11.6 Å². The average Bonchev–Trinajstić information content (AvgIpc) is 2.77. The maximum absolute atomic E-state index is 11.2. The number of nitrogens with zero attached hydrogens (tertiary/aromatic N) is 1. The van der Waals surface area contributed by atoms with Crippen LogP contribution < -0.4 is 16.9 Å². The van der Waals surface area contributed by atoms with Gasteiger partial charge in [-0.25, -0.2) is 0 Å². The molecule has 0 spiro atoms. The zero-order chi connectivity index (χ0) is 12.7. The fourth-order valence-corrected chi connectivity index (χ4v) is 1.69. The van der Waals surface area contributed by atoms with Crippen LogP contribution in [0.15, 0.2) is 38.4 Å². The van der Waals surface area contributed by atoms with Crippen LogP contribution in [0.5, 0.6) is 0 Å². The zero-order valence-corrected chi connectivity index (χ0v) is 9.06. The van der Waals surface area contributed by atoms with Crippen molar-refractivity contribution in [2.45, 2.75) is 0 Å². The predicted octanol–water partition coefficient (Wildman–Crippen LogP) is 0.454. The highest BCUT2D eigenvalue weighted by Crippen LogP contribution is 2.23. The van der Waals surface area contributed by atoms with Crippen molar-refractivity contribution in [3.05, 3.63) is 45.0 Å². The van der Waals surface area contributed by atoms with Crippen molar-refractivity contribution in [2.24, 2.45) is 0 Å². The first-order chi connectivity index (χ1) is 8.63. The molecule has 7 heteroatoms. The number of fused-ring (bicyclic) bond motifs is 1. The smallest absolute Gasteiger partial charge is 0.314 e. The number of H-pyrrole nitrogens is 2. The van der Waals surface area contributed by atoms with Crippen LogP contribution in [0.3, 0.4) is 0 Å². The fraction of sp³-hybridized carbons (Fsp3) is 0. The first-order valence-electron chi connectivity index (χ1n) is 5.12. The average molecular weight is 244 g/mol. The monoisotopic (exact) mass is 244 g/mol. The number of hydrogen-bond donors (Lipinski definition) is 3. The second-order valence-electron chi connectivity index (χ2n) is 3.78. The molecule has 0 saturated heterocycles. The minimum atomic E-state index is -0.697. The summed E-state index contributed by atoms with van der Waals surface area (Å²) in [6.07, 6.45) is 0. The zero-order valence-electron chi connectivity index (χ0n) is 9.06. The number of rotatable bonds is 1. The van der Waals surface area contributed by atoms with Crippen molar-refractivity contribution in [1.82, 2.24) is 15.1 Å². The third-order valence-electron chi connectivity index (χ3n) is 2.54. The summed E-state index contributed by atoms with van der Waals surface area (Å²) in [4.78, 5) is 27.3. The van der Waals surface area contributed by atoms with E-state index in [4.69, 9.17) is 10.3 Å². The molecule has 18 heavy (non-hydrogen) atoms. The molecule has 0 unspecified atom stereocenters. The Morgan fingerprint density at radius 3 is 2.44 bits per heavy atom. The molecule has 3 aromatic rings. The number of benzene rings is 1. The number of anilines is 1. The van der Waals surface area contributed by atoms with Gasteiger partial charge in [0.05, 0.1) is 11.0 Å². The number of aromatic nitrogens is 3.